The van der Waals surface area contributed by atoms with Gasteiger partial charge in [-0.3, -0.25) is 0 Å². The molecule has 0 aliphatic heterocycles. The van der Waals surface area contributed by atoms with Crippen LogP contribution in [0.4, 0.5) is 5.82 Å². The van der Waals surface area contributed by atoms with Gasteiger partial charge in [0, 0.05) is 18.3 Å². The summed E-state index contributed by atoms with van der Waals surface area (Å²) in [5, 5.41) is 0. The Morgan fingerprint density at radius 2 is 1.60 bits per heavy atom. The molecule has 2 rings (SSSR count). The largest absolute Gasteiger partial charge is 0.384 e. The average molecular weight is 199 g/mol. The van der Waals surface area contributed by atoms with E-state index in [-0.39, 0.29) is 0 Å². The monoisotopic (exact) mass is 199 g/mol. The summed E-state index contributed by atoms with van der Waals surface area (Å²) in [7, 11) is 0. The van der Waals surface area contributed by atoms with Crippen LogP contribution in [0.1, 0.15) is 5.56 Å². The van der Waals surface area contributed by atoms with Gasteiger partial charge in [0.1, 0.15) is 5.82 Å². The predicted octanol–water partition coefficient (Wildman–Crippen LogP) is 1.79. The van der Waals surface area contributed by atoms with Gasteiger partial charge in [0.15, 0.2) is 0 Å². The molecule has 1 heterocycles. The first-order valence-corrected chi connectivity index (χ1v) is 4.80. The number of nitrogen functional groups attached to an aromatic ring is 1. The summed E-state index contributed by atoms with van der Waals surface area (Å²) < 4.78 is 0. The number of benzene rings is 1. The molecule has 1 aromatic carbocycles. The molecule has 76 valence electrons. The van der Waals surface area contributed by atoms with Crippen LogP contribution in [0.5, 0.6) is 0 Å². The van der Waals surface area contributed by atoms with Crippen LogP contribution in [0.25, 0.3) is 11.1 Å². The van der Waals surface area contributed by atoms with E-state index in [0.29, 0.717) is 12.4 Å². The molecule has 1 aromatic heterocycles. The van der Waals surface area contributed by atoms with Crippen LogP contribution in [-0.4, -0.2) is 4.98 Å². The van der Waals surface area contributed by atoms with Gasteiger partial charge in [-0.1, -0.05) is 24.3 Å². The number of aromatic nitrogens is 1. The molecule has 0 unspecified atom stereocenters. The first-order valence-electron chi connectivity index (χ1n) is 4.80. The van der Waals surface area contributed by atoms with Crippen LogP contribution in [-0.2, 0) is 6.54 Å². The molecule has 0 amide bonds. The Morgan fingerprint density at radius 3 is 2.13 bits per heavy atom. The highest BCUT2D eigenvalue weighted by Crippen LogP contribution is 2.19. The fourth-order valence-electron chi connectivity index (χ4n) is 1.41. The van der Waals surface area contributed by atoms with Crippen molar-refractivity contribution < 1.29 is 0 Å². The van der Waals surface area contributed by atoms with E-state index >= 15 is 0 Å². The third-order valence-electron chi connectivity index (χ3n) is 2.31. The second-order valence-electron chi connectivity index (χ2n) is 3.37. The van der Waals surface area contributed by atoms with E-state index in [0.717, 1.165) is 16.7 Å². The maximum Gasteiger partial charge on any atom is 0.123 e. The fraction of sp³-hybridized carbons (Fsp3) is 0.0833. The van der Waals surface area contributed by atoms with Crippen molar-refractivity contribution in [1.82, 2.24) is 4.98 Å². The third-order valence-corrected chi connectivity index (χ3v) is 2.31. The highest BCUT2D eigenvalue weighted by molar-refractivity contribution is 5.63. The van der Waals surface area contributed by atoms with E-state index in [4.69, 9.17) is 11.5 Å². The van der Waals surface area contributed by atoms with Gasteiger partial charge in [0.05, 0.1) is 0 Å². The minimum absolute atomic E-state index is 0.539. The number of nitrogens with two attached hydrogens (primary N) is 2. The normalized spacial score (nSPS) is 10.2. The number of nitrogens with zero attached hydrogens (tertiary/aromatic N) is 1. The zero-order valence-corrected chi connectivity index (χ0v) is 8.35. The standard InChI is InChI=1S/C12H13N3/c13-7-9-1-3-10(4-2-9)11-5-6-12(14)15-8-11/h1-6,8H,7,13H2,(H2,14,15). The van der Waals surface area contributed by atoms with Crippen LogP contribution in [0.15, 0.2) is 42.6 Å². The van der Waals surface area contributed by atoms with Gasteiger partial charge < -0.3 is 11.5 Å². The first-order chi connectivity index (χ1) is 7.29. The van der Waals surface area contributed by atoms with E-state index in [1.807, 2.05) is 30.3 Å². The van der Waals surface area contributed by atoms with Crippen LogP contribution >= 0.6 is 0 Å². The lowest BCUT2D eigenvalue weighted by molar-refractivity contribution is 1.07. The van der Waals surface area contributed by atoms with Gasteiger partial charge in [0.25, 0.3) is 0 Å². The van der Waals surface area contributed by atoms with Crippen LogP contribution in [0, 0.1) is 0 Å². The Labute approximate surface area is 88.8 Å². The van der Waals surface area contributed by atoms with Crippen molar-refractivity contribution in [3.05, 3.63) is 48.2 Å². The Kier molecular flexibility index (Phi) is 2.65. The molecule has 0 saturated heterocycles. The second-order valence-corrected chi connectivity index (χ2v) is 3.37. The molecule has 3 nitrogen and oxygen atoms in total. The number of anilines is 1. The average Bonchev–Trinajstić information content (AvgIpc) is 2.30. The molecule has 15 heavy (non-hydrogen) atoms. The van der Waals surface area contributed by atoms with Crippen molar-refractivity contribution in [2.24, 2.45) is 5.73 Å². The van der Waals surface area contributed by atoms with E-state index < -0.39 is 0 Å². The molecular formula is C12H13N3. The van der Waals surface area contributed by atoms with Crippen molar-refractivity contribution in [2.45, 2.75) is 6.54 Å². The molecule has 0 fully saturated rings. The minimum atomic E-state index is 0.539. The molecule has 2 aromatic rings. The summed E-state index contributed by atoms with van der Waals surface area (Å²) in [6.45, 7) is 0.570. The van der Waals surface area contributed by atoms with Gasteiger partial charge in [-0.05, 0) is 23.3 Å². The maximum absolute atomic E-state index is 5.53. The van der Waals surface area contributed by atoms with E-state index in [2.05, 4.69) is 4.98 Å². The van der Waals surface area contributed by atoms with Crippen molar-refractivity contribution >= 4 is 5.82 Å². The molecule has 0 atom stereocenters. The van der Waals surface area contributed by atoms with Gasteiger partial charge in [-0.15, -0.1) is 0 Å². The number of pyridine rings is 1. The Balaban J connectivity index is 2.33. The van der Waals surface area contributed by atoms with Crippen LogP contribution in [0.3, 0.4) is 0 Å². The number of rotatable bonds is 2. The lowest BCUT2D eigenvalue weighted by atomic mass is 10.1. The summed E-state index contributed by atoms with van der Waals surface area (Å²) in [6, 6.07) is 11.9. The predicted molar refractivity (Wildman–Crippen MR) is 62.0 cm³/mol. The van der Waals surface area contributed by atoms with Crippen molar-refractivity contribution in [3.8, 4) is 11.1 Å². The van der Waals surface area contributed by atoms with E-state index in [1.165, 1.54) is 0 Å². The Hall–Kier alpha value is -1.87. The third kappa shape index (κ3) is 2.14. The van der Waals surface area contributed by atoms with E-state index in [9.17, 15) is 0 Å². The van der Waals surface area contributed by atoms with E-state index in [1.54, 1.807) is 12.3 Å². The number of hydrogen-bond donors (Lipinski definition) is 2. The Morgan fingerprint density at radius 1 is 0.933 bits per heavy atom. The smallest absolute Gasteiger partial charge is 0.123 e. The molecule has 0 saturated carbocycles. The first kappa shape index (κ1) is 9.68. The van der Waals surface area contributed by atoms with Crippen molar-refractivity contribution in [2.75, 3.05) is 5.73 Å². The second kappa shape index (κ2) is 4.11. The summed E-state index contributed by atoms with van der Waals surface area (Å²) in [4.78, 5) is 4.05. The zero-order chi connectivity index (χ0) is 10.7. The minimum Gasteiger partial charge on any atom is -0.384 e. The molecular weight excluding hydrogens is 186 g/mol. The molecule has 0 spiro atoms. The molecule has 0 aliphatic carbocycles. The van der Waals surface area contributed by atoms with Gasteiger partial charge >= 0.3 is 0 Å². The molecule has 0 bridgehead atoms. The zero-order valence-electron chi connectivity index (χ0n) is 8.35. The van der Waals surface area contributed by atoms with Crippen molar-refractivity contribution in [1.29, 1.82) is 0 Å². The van der Waals surface area contributed by atoms with Gasteiger partial charge in [-0.2, -0.15) is 0 Å². The summed E-state index contributed by atoms with van der Waals surface area (Å²) in [5.41, 5.74) is 14.4. The lowest BCUT2D eigenvalue weighted by Gasteiger charge is -2.02. The number of hydrogen-bond acceptors (Lipinski definition) is 3. The molecule has 0 aliphatic rings. The summed E-state index contributed by atoms with van der Waals surface area (Å²) in [6.07, 6.45) is 1.77. The Bertz CT molecular complexity index is 431. The van der Waals surface area contributed by atoms with Gasteiger partial charge in [-0.25, -0.2) is 4.98 Å². The van der Waals surface area contributed by atoms with Crippen LogP contribution < -0.4 is 11.5 Å². The van der Waals surface area contributed by atoms with Crippen molar-refractivity contribution in [3.63, 3.8) is 0 Å². The molecule has 3 heteroatoms. The topological polar surface area (TPSA) is 64.9 Å². The SMILES string of the molecule is NCc1ccc(-c2ccc(N)nc2)cc1. The van der Waals surface area contributed by atoms with Crippen LogP contribution in [0.2, 0.25) is 0 Å². The fourth-order valence-corrected chi connectivity index (χ4v) is 1.41. The summed E-state index contributed by atoms with van der Waals surface area (Å²) >= 11 is 0. The molecule has 0 radical (unpaired) electrons. The quantitative estimate of drug-likeness (QED) is 0.775. The maximum atomic E-state index is 5.53. The highest BCUT2D eigenvalue weighted by Gasteiger charge is 1.97. The highest BCUT2D eigenvalue weighted by atomic mass is 14.8. The van der Waals surface area contributed by atoms with Gasteiger partial charge in [0.2, 0.25) is 0 Å². The molecule has 4 N–H and O–H groups in total. The lowest BCUT2D eigenvalue weighted by Crippen LogP contribution is -1.95. The summed E-state index contributed by atoms with van der Waals surface area (Å²) in [5.74, 6) is 0.539.